The fraction of sp³-hybridized carbons (Fsp3) is 0.176. The number of carbonyl (C=O) groups excluding carboxylic acids is 1. The van der Waals surface area contributed by atoms with Crippen LogP contribution in [0.15, 0.2) is 89.3 Å². The maximum absolute atomic E-state index is 12.9. The van der Waals surface area contributed by atoms with Gasteiger partial charge in [-0.3, -0.25) is 4.79 Å². The van der Waals surface area contributed by atoms with Crippen molar-refractivity contribution in [3.05, 3.63) is 89.8 Å². The number of aromatic nitrogens is 2. The standard InChI is InChI=1S/C34H30N4O4S2/c1-4-42-24-15-13-23(14-16-24)29-21-44-34(37-29)38-31(39)17-18-43-33-27(20-35)26(19-28(36-33)22-9-6-5-7-10-22)25-11-8-12-30(40-2)32(25)41-3/h5-16,19,21H,4,17-18H2,1-3H3,(H,37,38,39). The van der Waals surface area contributed by atoms with Gasteiger partial charge in [-0.05, 0) is 43.3 Å². The minimum Gasteiger partial charge on any atom is -0.494 e. The van der Waals surface area contributed by atoms with E-state index < -0.39 is 0 Å². The Bertz CT molecular complexity index is 1780. The van der Waals surface area contributed by atoms with Crippen molar-refractivity contribution in [1.29, 1.82) is 5.26 Å². The minimum atomic E-state index is -0.169. The topological polar surface area (TPSA) is 106 Å². The number of nitrogens with one attached hydrogen (secondary N) is 1. The van der Waals surface area contributed by atoms with E-state index in [1.165, 1.54) is 23.1 Å². The second-order valence-corrected chi connectivity index (χ2v) is 11.3. The molecule has 44 heavy (non-hydrogen) atoms. The van der Waals surface area contributed by atoms with E-state index in [2.05, 4.69) is 16.4 Å². The average Bonchev–Trinajstić information content (AvgIpc) is 3.53. The first-order valence-electron chi connectivity index (χ1n) is 13.9. The number of nitrogens with zero attached hydrogens (tertiary/aromatic N) is 3. The van der Waals surface area contributed by atoms with E-state index in [0.29, 0.717) is 50.8 Å². The Morgan fingerprint density at radius 3 is 2.41 bits per heavy atom. The van der Waals surface area contributed by atoms with Gasteiger partial charge < -0.3 is 19.5 Å². The summed E-state index contributed by atoms with van der Waals surface area (Å²) in [5, 5.41) is 16.2. The maximum Gasteiger partial charge on any atom is 0.226 e. The van der Waals surface area contributed by atoms with Gasteiger partial charge in [0, 0.05) is 39.8 Å². The summed E-state index contributed by atoms with van der Waals surface area (Å²) in [6, 6.07) is 27.3. The van der Waals surface area contributed by atoms with Crippen molar-refractivity contribution in [2.24, 2.45) is 0 Å². The van der Waals surface area contributed by atoms with Gasteiger partial charge in [0.1, 0.15) is 16.8 Å². The molecule has 3 aromatic carbocycles. The minimum absolute atomic E-state index is 0.169. The highest BCUT2D eigenvalue weighted by Gasteiger charge is 2.21. The van der Waals surface area contributed by atoms with Gasteiger partial charge in [-0.2, -0.15) is 5.26 Å². The number of nitriles is 1. The molecule has 0 aliphatic rings. The van der Waals surface area contributed by atoms with Crippen LogP contribution in [-0.4, -0.2) is 42.5 Å². The number of para-hydroxylation sites is 1. The number of thiazole rings is 1. The number of pyridine rings is 1. The van der Waals surface area contributed by atoms with E-state index in [9.17, 15) is 10.1 Å². The fourth-order valence-corrected chi connectivity index (χ4v) is 6.26. The summed E-state index contributed by atoms with van der Waals surface area (Å²) in [5.41, 5.74) is 5.14. The predicted molar refractivity (Wildman–Crippen MR) is 176 cm³/mol. The monoisotopic (exact) mass is 622 g/mol. The molecule has 1 amide bonds. The van der Waals surface area contributed by atoms with Gasteiger partial charge in [0.25, 0.3) is 0 Å². The third-order valence-electron chi connectivity index (χ3n) is 6.64. The zero-order chi connectivity index (χ0) is 30.9. The van der Waals surface area contributed by atoms with Crippen LogP contribution in [0.3, 0.4) is 0 Å². The fourth-order valence-electron chi connectivity index (χ4n) is 4.58. The predicted octanol–water partition coefficient (Wildman–Crippen LogP) is 7.95. The summed E-state index contributed by atoms with van der Waals surface area (Å²) >= 11 is 2.73. The average molecular weight is 623 g/mol. The van der Waals surface area contributed by atoms with Crippen molar-refractivity contribution in [2.75, 3.05) is 31.9 Å². The molecule has 10 heteroatoms. The lowest BCUT2D eigenvalue weighted by atomic mass is 9.98. The molecule has 0 unspecified atom stereocenters. The Hall–Kier alpha value is -4.85. The van der Waals surface area contributed by atoms with Crippen molar-refractivity contribution in [3.8, 4) is 57.0 Å². The molecule has 5 rings (SSSR count). The van der Waals surface area contributed by atoms with Gasteiger partial charge in [-0.1, -0.05) is 42.5 Å². The molecule has 0 radical (unpaired) electrons. The van der Waals surface area contributed by atoms with Crippen molar-refractivity contribution in [3.63, 3.8) is 0 Å². The summed E-state index contributed by atoms with van der Waals surface area (Å²) in [6.45, 7) is 2.55. The Balaban J connectivity index is 1.34. The molecule has 0 fully saturated rings. The zero-order valence-electron chi connectivity index (χ0n) is 24.5. The molecular weight excluding hydrogens is 593 g/mol. The summed E-state index contributed by atoms with van der Waals surface area (Å²) in [4.78, 5) is 22.3. The molecule has 0 saturated heterocycles. The highest BCUT2D eigenvalue weighted by Crippen LogP contribution is 2.42. The Labute approximate surface area is 264 Å². The van der Waals surface area contributed by atoms with Crippen LogP contribution in [0.25, 0.3) is 33.6 Å². The lowest BCUT2D eigenvalue weighted by molar-refractivity contribution is -0.115. The van der Waals surface area contributed by atoms with Crippen LogP contribution < -0.4 is 19.5 Å². The summed E-state index contributed by atoms with van der Waals surface area (Å²) < 4.78 is 16.7. The van der Waals surface area contributed by atoms with Gasteiger partial charge >= 0.3 is 0 Å². The number of methoxy groups -OCH3 is 2. The van der Waals surface area contributed by atoms with Crippen molar-refractivity contribution in [1.82, 2.24) is 9.97 Å². The van der Waals surface area contributed by atoms with Gasteiger partial charge in [-0.15, -0.1) is 23.1 Å². The van der Waals surface area contributed by atoms with E-state index in [4.69, 9.17) is 19.2 Å². The van der Waals surface area contributed by atoms with Gasteiger partial charge in [0.05, 0.1) is 37.8 Å². The molecule has 0 bridgehead atoms. The van der Waals surface area contributed by atoms with Crippen LogP contribution in [0.4, 0.5) is 5.13 Å². The van der Waals surface area contributed by atoms with E-state index in [1.807, 2.05) is 91.2 Å². The lowest BCUT2D eigenvalue weighted by Gasteiger charge is -2.16. The SMILES string of the molecule is CCOc1ccc(-c2csc(NC(=O)CCSc3nc(-c4ccccc4)cc(-c4cccc(OC)c4OC)c3C#N)n2)cc1. The zero-order valence-corrected chi connectivity index (χ0v) is 26.1. The molecule has 0 aliphatic carbocycles. The van der Waals surface area contributed by atoms with Gasteiger partial charge in [0.15, 0.2) is 16.6 Å². The number of carbonyl (C=O) groups is 1. The number of rotatable bonds is 12. The lowest BCUT2D eigenvalue weighted by Crippen LogP contribution is -2.12. The number of hydrogen-bond donors (Lipinski definition) is 1. The molecule has 5 aromatic rings. The smallest absolute Gasteiger partial charge is 0.226 e. The number of amides is 1. The third kappa shape index (κ3) is 7.02. The van der Waals surface area contributed by atoms with Crippen LogP contribution in [0, 0.1) is 11.3 Å². The molecule has 0 saturated carbocycles. The second kappa shape index (κ2) is 14.6. The van der Waals surface area contributed by atoms with Crippen LogP contribution in [-0.2, 0) is 4.79 Å². The van der Waals surface area contributed by atoms with E-state index in [0.717, 1.165) is 28.1 Å². The normalized spacial score (nSPS) is 10.6. The highest BCUT2D eigenvalue weighted by molar-refractivity contribution is 7.99. The molecule has 222 valence electrons. The van der Waals surface area contributed by atoms with E-state index in [1.54, 1.807) is 14.2 Å². The summed E-state index contributed by atoms with van der Waals surface area (Å²) in [7, 11) is 3.15. The summed E-state index contributed by atoms with van der Waals surface area (Å²) in [6.07, 6.45) is 0.211. The molecular formula is C34H30N4O4S2. The van der Waals surface area contributed by atoms with E-state index >= 15 is 0 Å². The van der Waals surface area contributed by atoms with E-state index in [-0.39, 0.29) is 12.3 Å². The maximum atomic E-state index is 12.9. The molecule has 8 nitrogen and oxygen atoms in total. The van der Waals surface area contributed by atoms with Crippen molar-refractivity contribution in [2.45, 2.75) is 18.4 Å². The van der Waals surface area contributed by atoms with Crippen LogP contribution in [0.2, 0.25) is 0 Å². The molecule has 2 heterocycles. The highest BCUT2D eigenvalue weighted by atomic mass is 32.2. The molecule has 0 spiro atoms. The first-order chi connectivity index (χ1) is 21.5. The quantitative estimate of drug-likeness (QED) is 0.140. The Morgan fingerprint density at radius 1 is 0.932 bits per heavy atom. The largest absolute Gasteiger partial charge is 0.494 e. The van der Waals surface area contributed by atoms with Crippen LogP contribution >= 0.6 is 23.1 Å². The number of ether oxygens (including phenoxy) is 3. The van der Waals surface area contributed by atoms with Crippen molar-refractivity contribution >= 4 is 34.1 Å². The van der Waals surface area contributed by atoms with Gasteiger partial charge in [-0.25, -0.2) is 9.97 Å². The molecule has 2 aromatic heterocycles. The number of hydrogen-bond acceptors (Lipinski definition) is 9. The molecule has 0 aliphatic heterocycles. The molecule has 1 N–H and O–H groups in total. The summed E-state index contributed by atoms with van der Waals surface area (Å²) in [5.74, 6) is 2.14. The van der Waals surface area contributed by atoms with Crippen LogP contribution in [0.1, 0.15) is 18.9 Å². The molecule has 0 atom stereocenters. The number of thioether (sulfide) groups is 1. The Kier molecular flexibility index (Phi) is 10.1. The first-order valence-corrected chi connectivity index (χ1v) is 15.7. The number of benzene rings is 3. The second-order valence-electron chi connectivity index (χ2n) is 9.40. The third-order valence-corrected chi connectivity index (χ3v) is 8.38. The Morgan fingerprint density at radius 2 is 1.70 bits per heavy atom. The number of anilines is 1. The van der Waals surface area contributed by atoms with Crippen LogP contribution in [0.5, 0.6) is 17.2 Å². The first kappa shape index (κ1) is 30.6. The van der Waals surface area contributed by atoms with Crippen molar-refractivity contribution < 1.29 is 19.0 Å². The van der Waals surface area contributed by atoms with Gasteiger partial charge in [0.2, 0.25) is 5.91 Å².